The predicted molar refractivity (Wildman–Crippen MR) is 60.9 cm³/mol. The predicted octanol–water partition coefficient (Wildman–Crippen LogP) is 2.79. The Balaban J connectivity index is 2.38. The molecule has 0 aliphatic heterocycles. The van der Waals surface area contributed by atoms with Crippen LogP contribution in [0.3, 0.4) is 0 Å². The fourth-order valence-electron chi connectivity index (χ4n) is 1.44. The highest BCUT2D eigenvalue weighted by atomic mass is 35.5. The highest BCUT2D eigenvalue weighted by molar-refractivity contribution is 6.29. The largest absolute Gasteiger partial charge is 0.197 e. The maximum atomic E-state index is 9.15. The summed E-state index contributed by atoms with van der Waals surface area (Å²) in [6.07, 6.45) is 0. The van der Waals surface area contributed by atoms with E-state index < -0.39 is 5.92 Å². The summed E-state index contributed by atoms with van der Waals surface area (Å²) in [7, 11) is 0. The lowest BCUT2D eigenvalue weighted by Gasteiger charge is -2.07. The summed E-state index contributed by atoms with van der Waals surface area (Å²) in [5, 5.41) is 17.1. The molecule has 2 aromatic rings. The minimum absolute atomic E-state index is 0.327. The van der Waals surface area contributed by atoms with Gasteiger partial charge in [-0.3, -0.25) is 0 Å². The quantitative estimate of drug-likeness (QED) is 0.796. The number of nitrogens with zero attached hydrogens (tertiary/aromatic N) is 3. The summed E-state index contributed by atoms with van der Waals surface area (Å²) in [6.45, 7) is 0. The first-order valence-corrected chi connectivity index (χ1v) is 5.13. The minimum atomic E-state index is -0.397. The Kier molecular flexibility index (Phi) is 3.13. The molecule has 0 saturated carbocycles. The number of benzene rings is 1. The van der Waals surface area contributed by atoms with Crippen molar-refractivity contribution in [2.24, 2.45) is 0 Å². The normalized spacial score (nSPS) is 11.8. The fourth-order valence-corrected chi connectivity index (χ4v) is 1.54. The van der Waals surface area contributed by atoms with E-state index in [1.807, 2.05) is 30.3 Å². The first-order valence-electron chi connectivity index (χ1n) is 4.75. The topological polar surface area (TPSA) is 49.6 Å². The molecule has 78 valence electrons. The van der Waals surface area contributed by atoms with Gasteiger partial charge in [0, 0.05) is 0 Å². The number of rotatable bonds is 2. The summed E-state index contributed by atoms with van der Waals surface area (Å²) >= 11 is 5.65. The lowest BCUT2D eigenvalue weighted by atomic mass is 9.97. The molecule has 1 atom stereocenters. The molecular weight excluding hydrogens is 222 g/mol. The molecule has 0 bridgehead atoms. The van der Waals surface area contributed by atoms with Crippen LogP contribution >= 0.6 is 11.6 Å². The van der Waals surface area contributed by atoms with Gasteiger partial charge in [-0.05, 0) is 17.7 Å². The maximum absolute atomic E-state index is 9.15. The summed E-state index contributed by atoms with van der Waals surface area (Å²) in [5.74, 6) is -0.397. The molecule has 1 heterocycles. The van der Waals surface area contributed by atoms with E-state index >= 15 is 0 Å². The van der Waals surface area contributed by atoms with Gasteiger partial charge in [0.15, 0.2) is 5.15 Å². The van der Waals surface area contributed by atoms with Crippen molar-refractivity contribution in [3.63, 3.8) is 0 Å². The van der Waals surface area contributed by atoms with E-state index in [2.05, 4.69) is 16.3 Å². The molecule has 0 radical (unpaired) electrons. The van der Waals surface area contributed by atoms with Crippen molar-refractivity contribution in [1.82, 2.24) is 10.2 Å². The van der Waals surface area contributed by atoms with Crippen molar-refractivity contribution >= 4 is 11.6 Å². The van der Waals surface area contributed by atoms with Gasteiger partial charge in [0.1, 0.15) is 5.92 Å². The Bertz CT molecular complexity index is 502. The molecule has 0 aliphatic rings. The SMILES string of the molecule is N#C[C@@H](c1ccccc1)c1ccc(Cl)nn1. The van der Waals surface area contributed by atoms with E-state index in [1.165, 1.54) is 0 Å². The van der Waals surface area contributed by atoms with Gasteiger partial charge >= 0.3 is 0 Å². The van der Waals surface area contributed by atoms with E-state index in [9.17, 15) is 0 Å². The smallest absolute Gasteiger partial charge is 0.151 e. The second-order valence-corrected chi connectivity index (χ2v) is 3.64. The fraction of sp³-hybridized carbons (Fsp3) is 0.0833. The Labute approximate surface area is 98.3 Å². The van der Waals surface area contributed by atoms with Gasteiger partial charge < -0.3 is 0 Å². The first-order chi connectivity index (χ1) is 7.81. The van der Waals surface area contributed by atoms with E-state index in [0.29, 0.717) is 10.8 Å². The molecule has 16 heavy (non-hydrogen) atoms. The Morgan fingerprint density at radius 2 is 1.81 bits per heavy atom. The standard InChI is InChI=1S/C12H8ClN3/c13-12-7-6-11(15-16-12)10(8-14)9-4-2-1-3-5-9/h1-7,10H/t10-/m0/s1. The van der Waals surface area contributed by atoms with Crippen molar-refractivity contribution in [3.05, 3.63) is 58.9 Å². The average Bonchev–Trinajstić information content (AvgIpc) is 2.34. The van der Waals surface area contributed by atoms with Crippen molar-refractivity contribution in [3.8, 4) is 6.07 Å². The van der Waals surface area contributed by atoms with Crippen LogP contribution in [0.2, 0.25) is 5.15 Å². The lowest BCUT2D eigenvalue weighted by Crippen LogP contribution is -2.02. The molecule has 0 N–H and O–H groups in total. The Morgan fingerprint density at radius 3 is 2.38 bits per heavy atom. The van der Waals surface area contributed by atoms with Crippen LogP contribution in [0.1, 0.15) is 17.2 Å². The molecule has 0 amide bonds. The van der Waals surface area contributed by atoms with Crippen LogP contribution in [-0.2, 0) is 0 Å². The summed E-state index contributed by atoms with van der Waals surface area (Å²) in [5.41, 5.74) is 1.51. The molecule has 2 rings (SSSR count). The van der Waals surface area contributed by atoms with E-state index in [4.69, 9.17) is 16.9 Å². The van der Waals surface area contributed by atoms with Gasteiger partial charge in [0.05, 0.1) is 11.8 Å². The zero-order chi connectivity index (χ0) is 11.4. The maximum Gasteiger partial charge on any atom is 0.151 e. The number of halogens is 1. The molecular formula is C12H8ClN3. The van der Waals surface area contributed by atoms with Crippen LogP contribution < -0.4 is 0 Å². The Morgan fingerprint density at radius 1 is 1.06 bits per heavy atom. The second-order valence-electron chi connectivity index (χ2n) is 3.25. The highest BCUT2D eigenvalue weighted by Crippen LogP contribution is 2.21. The van der Waals surface area contributed by atoms with Crippen LogP contribution in [0.15, 0.2) is 42.5 Å². The van der Waals surface area contributed by atoms with Crippen LogP contribution in [0.25, 0.3) is 0 Å². The lowest BCUT2D eigenvalue weighted by molar-refractivity contribution is 0.885. The molecule has 0 saturated heterocycles. The van der Waals surface area contributed by atoms with E-state index in [-0.39, 0.29) is 0 Å². The van der Waals surface area contributed by atoms with Crippen molar-refractivity contribution < 1.29 is 0 Å². The van der Waals surface area contributed by atoms with Crippen molar-refractivity contribution in [2.75, 3.05) is 0 Å². The number of aromatic nitrogens is 2. The average molecular weight is 230 g/mol. The van der Waals surface area contributed by atoms with E-state index in [1.54, 1.807) is 12.1 Å². The molecule has 1 aromatic carbocycles. The molecule has 0 fully saturated rings. The molecule has 3 nitrogen and oxygen atoms in total. The zero-order valence-electron chi connectivity index (χ0n) is 8.34. The summed E-state index contributed by atoms with van der Waals surface area (Å²) in [4.78, 5) is 0. The minimum Gasteiger partial charge on any atom is -0.197 e. The number of hydrogen-bond acceptors (Lipinski definition) is 3. The monoisotopic (exact) mass is 229 g/mol. The molecule has 4 heteroatoms. The molecule has 0 unspecified atom stereocenters. The molecule has 1 aromatic heterocycles. The highest BCUT2D eigenvalue weighted by Gasteiger charge is 2.14. The van der Waals surface area contributed by atoms with Crippen LogP contribution in [0.5, 0.6) is 0 Å². The van der Waals surface area contributed by atoms with Gasteiger partial charge in [0.2, 0.25) is 0 Å². The van der Waals surface area contributed by atoms with E-state index in [0.717, 1.165) is 5.56 Å². The third-order valence-corrected chi connectivity index (χ3v) is 2.41. The van der Waals surface area contributed by atoms with Crippen molar-refractivity contribution in [1.29, 1.82) is 5.26 Å². The van der Waals surface area contributed by atoms with Gasteiger partial charge in [0.25, 0.3) is 0 Å². The third kappa shape index (κ3) is 2.18. The molecule has 0 aliphatic carbocycles. The zero-order valence-corrected chi connectivity index (χ0v) is 9.09. The Hall–Kier alpha value is -1.92. The van der Waals surface area contributed by atoms with Gasteiger partial charge in [-0.15, -0.1) is 5.10 Å². The van der Waals surface area contributed by atoms with Gasteiger partial charge in [-0.25, -0.2) is 0 Å². The number of hydrogen-bond donors (Lipinski definition) is 0. The van der Waals surface area contributed by atoms with Gasteiger partial charge in [-0.1, -0.05) is 41.9 Å². The van der Waals surface area contributed by atoms with Crippen LogP contribution in [0.4, 0.5) is 0 Å². The second kappa shape index (κ2) is 4.73. The third-order valence-electron chi connectivity index (χ3n) is 2.21. The van der Waals surface area contributed by atoms with Crippen molar-refractivity contribution in [2.45, 2.75) is 5.92 Å². The van der Waals surface area contributed by atoms with Crippen LogP contribution in [0, 0.1) is 11.3 Å². The summed E-state index contributed by atoms with van der Waals surface area (Å²) < 4.78 is 0. The first kappa shape index (κ1) is 10.6. The number of nitriles is 1. The summed E-state index contributed by atoms with van der Waals surface area (Å²) in [6, 6.07) is 15.0. The molecule has 0 spiro atoms. The van der Waals surface area contributed by atoms with Gasteiger partial charge in [-0.2, -0.15) is 10.4 Å². The van der Waals surface area contributed by atoms with Crippen LogP contribution in [-0.4, -0.2) is 10.2 Å².